The van der Waals surface area contributed by atoms with Crippen LogP contribution in [0.15, 0.2) is 60.7 Å². The Balaban J connectivity index is 1.42. The van der Waals surface area contributed by atoms with Gasteiger partial charge in [-0.1, -0.05) is 60.7 Å². The minimum Gasteiger partial charge on any atom is -0.429 e. The van der Waals surface area contributed by atoms with Crippen LogP contribution in [0.25, 0.3) is 0 Å². The van der Waals surface area contributed by atoms with Gasteiger partial charge in [0.1, 0.15) is 13.2 Å². The third kappa shape index (κ3) is 12.1. The fourth-order valence-corrected chi connectivity index (χ4v) is 2.49. The number of rotatable bonds is 13. The summed E-state index contributed by atoms with van der Waals surface area (Å²) >= 11 is 0. The summed E-state index contributed by atoms with van der Waals surface area (Å²) in [5.74, 6) is -1.18. The van der Waals surface area contributed by atoms with Crippen LogP contribution in [0.4, 0.5) is 9.59 Å². The summed E-state index contributed by atoms with van der Waals surface area (Å²) in [5.41, 5.74) is 1.59. The van der Waals surface area contributed by atoms with Crippen LogP contribution in [-0.4, -0.2) is 37.8 Å². The number of carbonyl (C=O) groups is 4. The summed E-state index contributed by atoms with van der Waals surface area (Å²) in [6.07, 6.45) is -1.15. The van der Waals surface area contributed by atoms with Crippen molar-refractivity contribution in [2.45, 2.75) is 38.9 Å². The molecule has 34 heavy (non-hydrogen) atoms. The Morgan fingerprint density at radius 3 is 1.26 bits per heavy atom. The molecule has 0 aliphatic carbocycles. The van der Waals surface area contributed by atoms with Crippen LogP contribution in [0.1, 0.15) is 36.8 Å². The van der Waals surface area contributed by atoms with Crippen LogP contribution in [0.5, 0.6) is 0 Å². The van der Waals surface area contributed by atoms with E-state index in [2.05, 4.69) is 9.47 Å². The summed E-state index contributed by atoms with van der Waals surface area (Å²) in [6, 6.07) is 18.1. The van der Waals surface area contributed by atoms with Gasteiger partial charge in [-0.15, -0.1) is 0 Å². The third-order valence-corrected chi connectivity index (χ3v) is 4.20. The molecule has 0 bridgehead atoms. The minimum absolute atomic E-state index is 0.0258. The highest BCUT2D eigenvalue weighted by Gasteiger charge is 2.10. The smallest absolute Gasteiger partial charge is 0.429 e. The zero-order chi connectivity index (χ0) is 24.4. The van der Waals surface area contributed by atoms with Crippen molar-refractivity contribution in [2.75, 3.05) is 13.6 Å². The number of esters is 2. The first kappa shape index (κ1) is 26.2. The SMILES string of the molecule is O=C(CCCCC(=O)OCOC(=O)OCc1ccccc1)OCOC(=O)OCc1ccccc1. The van der Waals surface area contributed by atoms with Crippen LogP contribution in [0.3, 0.4) is 0 Å². The molecule has 10 heteroatoms. The number of hydrogen-bond acceptors (Lipinski definition) is 10. The standard InChI is InChI=1S/C24H26O10/c25-21(31-17-33-23(27)29-15-19-9-3-1-4-10-19)13-7-8-14-22(26)32-18-34-24(28)30-16-20-11-5-2-6-12-20/h1-6,9-12H,7-8,13-18H2. The Hall–Kier alpha value is -4.08. The summed E-state index contributed by atoms with van der Waals surface area (Å²) in [6.45, 7) is -1.04. The molecule has 0 aliphatic heterocycles. The van der Waals surface area contributed by atoms with Crippen molar-refractivity contribution >= 4 is 24.2 Å². The average Bonchev–Trinajstić information content (AvgIpc) is 2.85. The van der Waals surface area contributed by atoms with E-state index in [1.165, 1.54) is 0 Å². The lowest BCUT2D eigenvalue weighted by atomic mass is 10.2. The molecule has 0 aliphatic rings. The van der Waals surface area contributed by atoms with Crippen molar-refractivity contribution < 1.29 is 47.6 Å². The number of benzene rings is 2. The molecule has 0 amide bonds. The van der Waals surface area contributed by atoms with E-state index in [1.54, 1.807) is 24.3 Å². The molecular formula is C24H26O10. The van der Waals surface area contributed by atoms with Crippen molar-refractivity contribution in [3.63, 3.8) is 0 Å². The van der Waals surface area contributed by atoms with Crippen molar-refractivity contribution in [2.24, 2.45) is 0 Å². The summed E-state index contributed by atoms with van der Waals surface area (Å²) in [7, 11) is 0. The van der Waals surface area contributed by atoms with Gasteiger partial charge in [-0.05, 0) is 24.0 Å². The first-order valence-corrected chi connectivity index (χ1v) is 10.5. The van der Waals surface area contributed by atoms with Crippen LogP contribution < -0.4 is 0 Å². The molecule has 2 aromatic rings. The predicted molar refractivity (Wildman–Crippen MR) is 116 cm³/mol. The van der Waals surface area contributed by atoms with Crippen LogP contribution in [0, 0.1) is 0 Å². The molecule has 2 aromatic carbocycles. The van der Waals surface area contributed by atoms with Crippen molar-refractivity contribution in [3.05, 3.63) is 71.8 Å². The van der Waals surface area contributed by atoms with Gasteiger partial charge in [0.2, 0.25) is 13.6 Å². The highest BCUT2D eigenvalue weighted by molar-refractivity contribution is 5.70. The molecule has 10 nitrogen and oxygen atoms in total. The Labute approximate surface area is 196 Å². The molecule has 182 valence electrons. The predicted octanol–water partition coefficient (Wildman–Crippen LogP) is 4.26. The third-order valence-electron chi connectivity index (χ3n) is 4.20. The molecular weight excluding hydrogens is 448 g/mol. The average molecular weight is 474 g/mol. The van der Waals surface area contributed by atoms with Gasteiger partial charge in [0.25, 0.3) is 0 Å². The molecule has 2 rings (SSSR count). The van der Waals surface area contributed by atoms with E-state index in [4.69, 9.17) is 18.9 Å². The largest absolute Gasteiger partial charge is 0.511 e. The van der Waals surface area contributed by atoms with Gasteiger partial charge in [0, 0.05) is 12.8 Å². The Bertz CT molecular complexity index is 823. The molecule has 0 aromatic heterocycles. The van der Waals surface area contributed by atoms with Crippen LogP contribution in [0.2, 0.25) is 0 Å². The van der Waals surface area contributed by atoms with E-state index >= 15 is 0 Å². The van der Waals surface area contributed by atoms with E-state index in [0.717, 1.165) is 11.1 Å². The molecule has 0 radical (unpaired) electrons. The van der Waals surface area contributed by atoms with Gasteiger partial charge in [0.05, 0.1) is 0 Å². The second-order valence-corrected chi connectivity index (χ2v) is 6.81. The zero-order valence-electron chi connectivity index (χ0n) is 18.5. The van der Waals surface area contributed by atoms with Crippen molar-refractivity contribution in [1.82, 2.24) is 0 Å². The zero-order valence-corrected chi connectivity index (χ0v) is 18.5. The molecule has 0 saturated carbocycles. The molecule has 0 spiro atoms. The van der Waals surface area contributed by atoms with Gasteiger partial charge in [-0.3, -0.25) is 9.59 Å². The van der Waals surface area contributed by atoms with E-state index in [9.17, 15) is 19.2 Å². The van der Waals surface area contributed by atoms with E-state index in [-0.39, 0.29) is 26.1 Å². The molecule has 0 atom stereocenters. The second kappa shape index (κ2) is 15.7. The maximum Gasteiger partial charge on any atom is 0.511 e. The lowest BCUT2D eigenvalue weighted by Crippen LogP contribution is -2.14. The van der Waals surface area contributed by atoms with Crippen molar-refractivity contribution in [1.29, 1.82) is 0 Å². The Kier molecular flexibility index (Phi) is 12.1. The van der Waals surface area contributed by atoms with Crippen LogP contribution in [-0.2, 0) is 51.2 Å². The number of unbranched alkanes of at least 4 members (excludes halogenated alkanes) is 1. The summed E-state index contributed by atoms with van der Waals surface area (Å²) in [5, 5.41) is 0. The fourth-order valence-electron chi connectivity index (χ4n) is 2.49. The number of ether oxygens (including phenoxy) is 6. The van der Waals surface area contributed by atoms with Gasteiger partial charge in [-0.2, -0.15) is 0 Å². The Morgan fingerprint density at radius 1 is 0.500 bits per heavy atom. The molecule has 0 unspecified atom stereocenters. The number of hydrogen-bond donors (Lipinski definition) is 0. The normalized spacial score (nSPS) is 10.0. The first-order chi connectivity index (χ1) is 16.5. The second-order valence-electron chi connectivity index (χ2n) is 6.81. The van der Waals surface area contributed by atoms with Crippen LogP contribution >= 0.6 is 0 Å². The van der Waals surface area contributed by atoms with Gasteiger partial charge in [0.15, 0.2) is 0 Å². The summed E-state index contributed by atoms with van der Waals surface area (Å²) in [4.78, 5) is 46.1. The first-order valence-electron chi connectivity index (χ1n) is 10.5. The lowest BCUT2D eigenvalue weighted by Gasteiger charge is -2.08. The van der Waals surface area contributed by atoms with E-state index in [0.29, 0.717) is 12.8 Å². The monoisotopic (exact) mass is 474 g/mol. The quantitative estimate of drug-likeness (QED) is 0.180. The highest BCUT2D eigenvalue weighted by atomic mass is 16.8. The maximum atomic E-state index is 11.6. The molecule has 0 saturated heterocycles. The molecule has 0 fully saturated rings. The van der Waals surface area contributed by atoms with Gasteiger partial charge >= 0.3 is 24.2 Å². The molecule has 0 N–H and O–H groups in total. The topological polar surface area (TPSA) is 124 Å². The fraction of sp³-hybridized carbons (Fsp3) is 0.333. The molecule has 0 heterocycles. The van der Waals surface area contributed by atoms with E-state index in [1.807, 2.05) is 36.4 Å². The van der Waals surface area contributed by atoms with Crippen molar-refractivity contribution in [3.8, 4) is 0 Å². The lowest BCUT2D eigenvalue weighted by molar-refractivity contribution is -0.156. The van der Waals surface area contributed by atoms with Gasteiger partial charge in [-0.25, -0.2) is 9.59 Å². The summed E-state index contributed by atoms with van der Waals surface area (Å²) < 4.78 is 28.6. The maximum absolute atomic E-state index is 11.6. The number of carbonyl (C=O) groups excluding carboxylic acids is 4. The van der Waals surface area contributed by atoms with E-state index < -0.39 is 37.8 Å². The minimum atomic E-state index is -0.953. The highest BCUT2D eigenvalue weighted by Crippen LogP contribution is 2.05. The Morgan fingerprint density at radius 2 is 0.882 bits per heavy atom. The van der Waals surface area contributed by atoms with Gasteiger partial charge < -0.3 is 28.4 Å².